The fraction of sp³-hybridized carbons (Fsp3) is 0.562. The molecule has 21 heavy (non-hydrogen) atoms. The van der Waals surface area contributed by atoms with Crippen molar-refractivity contribution in [1.29, 1.82) is 0 Å². The first-order valence-electron chi connectivity index (χ1n) is 7.42. The summed E-state index contributed by atoms with van der Waals surface area (Å²) >= 11 is 6.19. The molecule has 5 heteroatoms. The van der Waals surface area contributed by atoms with Gasteiger partial charge in [-0.15, -0.1) is 0 Å². The maximum Gasteiger partial charge on any atom is 0.260 e. The topological polar surface area (TPSA) is 64.3 Å². The van der Waals surface area contributed by atoms with E-state index in [4.69, 9.17) is 22.1 Å². The Hall–Kier alpha value is -1.26. The molecule has 0 aliphatic carbocycles. The van der Waals surface area contributed by atoms with Crippen molar-refractivity contribution in [3.8, 4) is 5.75 Å². The molecular weight excluding hydrogens is 288 g/mol. The molecule has 0 fully saturated rings. The van der Waals surface area contributed by atoms with Gasteiger partial charge in [-0.05, 0) is 44.4 Å². The van der Waals surface area contributed by atoms with Crippen LogP contribution in [0, 0.1) is 0 Å². The molecular formula is C16H25ClN2O2. The summed E-state index contributed by atoms with van der Waals surface area (Å²) in [6.45, 7) is 6.41. The van der Waals surface area contributed by atoms with Crippen molar-refractivity contribution in [2.24, 2.45) is 5.73 Å². The van der Waals surface area contributed by atoms with E-state index in [0.29, 0.717) is 17.3 Å². The molecule has 0 radical (unpaired) electrons. The van der Waals surface area contributed by atoms with E-state index in [9.17, 15) is 4.79 Å². The number of hydrogen-bond acceptors (Lipinski definition) is 3. The molecule has 0 aromatic heterocycles. The Labute approximate surface area is 132 Å². The van der Waals surface area contributed by atoms with Gasteiger partial charge in [-0.25, -0.2) is 0 Å². The zero-order valence-corrected chi connectivity index (χ0v) is 13.7. The smallest absolute Gasteiger partial charge is 0.260 e. The van der Waals surface area contributed by atoms with Crippen LogP contribution in [-0.2, 0) is 11.2 Å². The average molecular weight is 313 g/mol. The van der Waals surface area contributed by atoms with E-state index in [2.05, 4.69) is 12.2 Å². The summed E-state index contributed by atoms with van der Waals surface area (Å²) in [5, 5.41) is 3.34. The molecule has 0 saturated heterocycles. The first-order valence-corrected chi connectivity index (χ1v) is 7.80. The van der Waals surface area contributed by atoms with Crippen molar-refractivity contribution in [2.75, 3.05) is 6.54 Å². The highest BCUT2D eigenvalue weighted by Crippen LogP contribution is 2.26. The molecule has 1 aromatic rings. The predicted octanol–water partition coefficient (Wildman–Crippen LogP) is 2.91. The maximum absolute atomic E-state index is 11.9. The van der Waals surface area contributed by atoms with Crippen LogP contribution < -0.4 is 15.8 Å². The third-order valence-corrected chi connectivity index (χ3v) is 3.35. The first-order chi connectivity index (χ1) is 9.93. The highest BCUT2D eigenvalue weighted by molar-refractivity contribution is 6.32. The van der Waals surface area contributed by atoms with E-state index in [1.807, 2.05) is 19.1 Å². The summed E-state index contributed by atoms with van der Waals surface area (Å²) in [6, 6.07) is 5.63. The highest BCUT2D eigenvalue weighted by atomic mass is 35.5. The van der Waals surface area contributed by atoms with Crippen LogP contribution in [0.2, 0.25) is 5.02 Å². The number of carbonyl (C=O) groups is 1. The number of amides is 1. The summed E-state index contributed by atoms with van der Waals surface area (Å²) in [4.78, 5) is 11.9. The molecule has 1 aromatic carbocycles. The van der Waals surface area contributed by atoms with Crippen LogP contribution in [-0.4, -0.2) is 24.6 Å². The Bertz CT molecular complexity index is 464. The Balaban J connectivity index is 2.59. The van der Waals surface area contributed by atoms with Gasteiger partial charge in [0.15, 0.2) is 6.10 Å². The van der Waals surface area contributed by atoms with Crippen LogP contribution in [0.5, 0.6) is 5.75 Å². The van der Waals surface area contributed by atoms with Gasteiger partial charge in [-0.3, -0.25) is 4.79 Å². The largest absolute Gasteiger partial charge is 0.479 e. The third-order valence-electron chi connectivity index (χ3n) is 3.06. The van der Waals surface area contributed by atoms with Crippen molar-refractivity contribution in [1.82, 2.24) is 5.32 Å². The molecule has 0 aliphatic heterocycles. The van der Waals surface area contributed by atoms with Crippen LogP contribution >= 0.6 is 11.6 Å². The molecule has 0 bridgehead atoms. The number of benzene rings is 1. The molecule has 2 unspecified atom stereocenters. The lowest BCUT2D eigenvalue weighted by Crippen LogP contribution is -2.36. The van der Waals surface area contributed by atoms with Gasteiger partial charge in [0, 0.05) is 12.6 Å². The summed E-state index contributed by atoms with van der Waals surface area (Å²) in [5.41, 5.74) is 6.82. The molecule has 3 N–H and O–H groups in total. The zero-order chi connectivity index (χ0) is 15.8. The van der Waals surface area contributed by atoms with Crippen LogP contribution in [0.4, 0.5) is 0 Å². The Morgan fingerprint density at radius 3 is 2.71 bits per heavy atom. The van der Waals surface area contributed by atoms with Crippen LogP contribution in [0.15, 0.2) is 18.2 Å². The first kappa shape index (κ1) is 17.8. The van der Waals surface area contributed by atoms with Gasteiger partial charge in [0.05, 0.1) is 5.02 Å². The van der Waals surface area contributed by atoms with Gasteiger partial charge in [0.1, 0.15) is 5.75 Å². The van der Waals surface area contributed by atoms with Gasteiger partial charge in [0.25, 0.3) is 5.91 Å². The second kappa shape index (κ2) is 8.90. The van der Waals surface area contributed by atoms with E-state index < -0.39 is 6.10 Å². The molecule has 2 atom stereocenters. The number of hydrogen-bond donors (Lipinski definition) is 2. The molecule has 0 spiro atoms. The van der Waals surface area contributed by atoms with Crippen molar-refractivity contribution in [3.63, 3.8) is 0 Å². The van der Waals surface area contributed by atoms with E-state index in [0.717, 1.165) is 24.8 Å². The number of nitrogens with one attached hydrogen (secondary N) is 1. The summed E-state index contributed by atoms with van der Waals surface area (Å²) in [6.07, 6.45) is 2.19. The molecule has 118 valence electrons. The van der Waals surface area contributed by atoms with Crippen molar-refractivity contribution < 1.29 is 9.53 Å². The minimum absolute atomic E-state index is 0.0797. The van der Waals surface area contributed by atoms with E-state index in [1.165, 1.54) is 0 Å². The highest BCUT2D eigenvalue weighted by Gasteiger charge is 2.15. The normalized spacial score (nSPS) is 13.6. The lowest BCUT2D eigenvalue weighted by atomic mass is 10.1. The van der Waals surface area contributed by atoms with Gasteiger partial charge < -0.3 is 15.8 Å². The van der Waals surface area contributed by atoms with Crippen LogP contribution in [0.3, 0.4) is 0 Å². The second-order valence-corrected chi connectivity index (χ2v) is 5.76. The molecule has 4 nitrogen and oxygen atoms in total. The summed E-state index contributed by atoms with van der Waals surface area (Å²) < 4.78 is 5.62. The predicted molar refractivity (Wildman–Crippen MR) is 86.8 cm³/mol. The van der Waals surface area contributed by atoms with Gasteiger partial charge in [-0.2, -0.15) is 0 Å². The number of nitrogens with two attached hydrogens (primary N) is 1. The van der Waals surface area contributed by atoms with Gasteiger partial charge in [-0.1, -0.05) is 31.0 Å². The molecule has 0 saturated carbocycles. The minimum atomic E-state index is -0.571. The Morgan fingerprint density at radius 1 is 1.43 bits per heavy atom. The number of halogens is 1. The summed E-state index contributed by atoms with van der Waals surface area (Å²) in [5.74, 6) is 0.391. The Kier molecular flexibility index (Phi) is 7.54. The van der Waals surface area contributed by atoms with E-state index >= 15 is 0 Å². The molecule has 1 amide bonds. The third kappa shape index (κ3) is 6.36. The number of unbranched alkanes of at least 4 members (excludes halogenated alkanes) is 1. The van der Waals surface area contributed by atoms with E-state index in [-0.39, 0.29) is 11.9 Å². The fourth-order valence-electron chi connectivity index (χ4n) is 1.91. The Morgan fingerprint density at radius 2 is 2.14 bits per heavy atom. The molecule has 0 heterocycles. The van der Waals surface area contributed by atoms with Crippen LogP contribution in [0.25, 0.3) is 0 Å². The van der Waals surface area contributed by atoms with Crippen molar-refractivity contribution >= 4 is 17.5 Å². The second-order valence-electron chi connectivity index (χ2n) is 5.35. The van der Waals surface area contributed by atoms with Crippen molar-refractivity contribution in [3.05, 3.63) is 28.8 Å². The fourth-order valence-corrected chi connectivity index (χ4v) is 2.16. The quantitative estimate of drug-likeness (QED) is 0.725. The number of rotatable bonds is 8. The standard InChI is InChI=1S/C16H25ClN2O2/c1-4-5-8-19-16(20)12(3)21-15-7-6-13(9-11(2)18)10-14(15)17/h6-7,10-12H,4-5,8-9,18H2,1-3H3,(H,19,20). The lowest BCUT2D eigenvalue weighted by Gasteiger charge is -2.16. The van der Waals surface area contributed by atoms with Gasteiger partial charge in [0.2, 0.25) is 0 Å². The molecule has 1 rings (SSSR count). The lowest BCUT2D eigenvalue weighted by molar-refractivity contribution is -0.127. The SMILES string of the molecule is CCCCNC(=O)C(C)Oc1ccc(CC(C)N)cc1Cl. The van der Waals surface area contributed by atoms with Crippen molar-refractivity contribution in [2.45, 2.75) is 52.2 Å². The number of ether oxygens (including phenoxy) is 1. The summed E-state index contributed by atoms with van der Waals surface area (Å²) in [7, 11) is 0. The maximum atomic E-state index is 11.9. The monoisotopic (exact) mass is 312 g/mol. The minimum Gasteiger partial charge on any atom is -0.479 e. The molecule has 0 aliphatic rings. The average Bonchev–Trinajstić information content (AvgIpc) is 2.41. The number of carbonyl (C=O) groups excluding carboxylic acids is 1. The van der Waals surface area contributed by atoms with E-state index in [1.54, 1.807) is 13.0 Å². The van der Waals surface area contributed by atoms with Gasteiger partial charge >= 0.3 is 0 Å². The van der Waals surface area contributed by atoms with Crippen LogP contribution in [0.1, 0.15) is 39.2 Å². The zero-order valence-electron chi connectivity index (χ0n) is 13.0.